The Morgan fingerprint density at radius 3 is 3.08 bits per heavy atom. The van der Waals surface area contributed by atoms with Gasteiger partial charge in [-0.25, -0.2) is 4.79 Å². The van der Waals surface area contributed by atoms with Crippen molar-refractivity contribution in [2.45, 2.75) is 12.3 Å². The molecule has 2 N–H and O–H groups in total. The summed E-state index contributed by atoms with van der Waals surface area (Å²) in [5.41, 5.74) is 0. The summed E-state index contributed by atoms with van der Waals surface area (Å²) in [5.74, 6) is 0.693. The van der Waals surface area contributed by atoms with Crippen LogP contribution in [-0.4, -0.2) is 49.8 Å². The number of H-pyrrole nitrogens is 1. The van der Waals surface area contributed by atoms with Gasteiger partial charge in [0.2, 0.25) is 0 Å². The maximum Gasteiger partial charge on any atom is 0.407 e. The predicted molar refractivity (Wildman–Crippen MR) is 41.1 cm³/mol. The van der Waals surface area contributed by atoms with E-state index in [9.17, 15) is 4.79 Å². The van der Waals surface area contributed by atoms with Gasteiger partial charge in [-0.05, 0) is 6.42 Å². The molecule has 1 saturated heterocycles. The van der Waals surface area contributed by atoms with E-state index in [1.165, 1.54) is 4.90 Å². The van der Waals surface area contributed by atoms with Crippen molar-refractivity contribution in [3.05, 3.63) is 5.82 Å². The number of likely N-dealkylation sites (tertiary alicyclic amines) is 1. The lowest BCUT2D eigenvalue weighted by Crippen LogP contribution is -2.26. The van der Waals surface area contributed by atoms with Gasteiger partial charge in [-0.3, -0.25) is 0 Å². The molecule has 13 heavy (non-hydrogen) atoms. The van der Waals surface area contributed by atoms with Crippen molar-refractivity contribution >= 4 is 6.09 Å². The molecule has 0 bridgehead atoms. The number of amides is 1. The van der Waals surface area contributed by atoms with Gasteiger partial charge in [-0.1, -0.05) is 5.21 Å². The molecule has 0 unspecified atom stereocenters. The smallest absolute Gasteiger partial charge is 0.407 e. The van der Waals surface area contributed by atoms with Crippen molar-refractivity contribution in [2.75, 3.05) is 13.1 Å². The van der Waals surface area contributed by atoms with Crippen molar-refractivity contribution < 1.29 is 9.90 Å². The molecule has 0 aromatic carbocycles. The third-order valence-electron chi connectivity index (χ3n) is 2.19. The largest absolute Gasteiger partial charge is 0.465 e. The van der Waals surface area contributed by atoms with E-state index in [1.54, 1.807) is 0 Å². The van der Waals surface area contributed by atoms with Gasteiger partial charge >= 0.3 is 6.09 Å². The van der Waals surface area contributed by atoms with Crippen LogP contribution >= 0.6 is 0 Å². The normalized spacial score (nSPS) is 22.2. The van der Waals surface area contributed by atoms with Crippen LogP contribution in [0.15, 0.2) is 0 Å². The van der Waals surface area contributed by atoms with E-state index >= 15 is 0 Å². The van der Waals surface area contributed by atoms with Gasteiger partial charge in [0.1, 0.15) is 0 Å². The molecular formula is C6H9N5O2. The third kappa shape index (κ3) is 1.44. The zero-order valence-corrected chi connectivity index (χ0v) is 6.84. The fourth-order valence-corrected chi connectivity index (χ4v) is 1.49. The molecule has 1 aromatic rings. The van der Waals surface area contributed by atoms with Gasteiger partial charge in [0, 0.05) is 19.0 Å². The highest BCUT2D eigenvalue weighted by molar-refractivity contribution is 5.65. The number of carboxylic acid groups (broad SMARTS) is 1. The number of nitrogens with zero attached hydrogens (tertiary/aromatic N) is 4. The molecule has 0 radical (unpaired) electrons. The fraction of sp³-hybridized carbons (Fsp3) is 0.667. The van der Waals surface area contributed by atoms with E-state index in [4.69, 9.17) is 5.11 Å². The summed E-state index contributed by atoms with van der Waals surface area (Å²) in [6.45, 7) is 1.02. The number of aromatic amines is 1. The maximum atomic E-state index is 10.6. The first-order valence-corrected chi connectivity index (χ1v) is 3.98. The second kappa shape index (κ2) is 3.00. The molecule has 1 aliphatic heterocycles. The molecule has 1 amide bonds. The Hall–Kier alpha value is -1.66. The average Bonchev–Trinajstić information content (AvgIpc) is 2.75. The van der Waals surface area contributed by atoms with Crippen LogP contribution in [-0.2, 0) is 0 Å². The Morgan fingerprint density at radius 1 is 1.69 bits per heavy atom. The number of rotatable bonds is 1. The Morgan fingerprint density at radius 2 is 2.54 bits per heavy atom. The van der Waals surface area contributed by atoms with Crippen LogP contribution < -0.4 is 0 Å². The zero-order chi connectivity index (χ0) is 9.26. The van der Waals surface area contributed by atoms with Crippen molar-refractivity contribution in [1.29, 1.82) is 0 Å². The van der Waals surface area contributed by atoms with Crippen LogP contribution in [0.5, 0.6) is 0 Å². The van der Waals surface area contributed by atoms with Crippen LogP contribution in [0.25, 0.3) is 0 Å². The molecule has 2 rings (SSSR count). The summed E-state index contributed by atoms with van der Waals surface area (Å²) in [5, 5.41) is 22.1. The number of aromatic nitrogens is 4. The number of tetrazole rings is 1. The number of hydrogen-bond acceptors (Lipinski definition) is 4. The summed E-state index contributed by atoms with van der Waals surface area (Å²) < 4.78 is 0. The molecule has 70 valence electrons. The second-order valence-electron chi connectivity index (χ2n) is 2.98. The average molecular weight is 183 g/mol. The van der Waals surface area contributed by atoms with E-state index in [0.29, 0.717) is 18.9 Å². The predicted octanol–water partition coefficient (Wildman–Crippen LogP) is -0.333. The van der Waals surface area contributed by atoms with E-state index in [-0.39, 0.29) is 5.92 Å². The number of carbonyl (C=O) groups is 1. The lowest BCUT2D eigenvalue weighted by atomic mass is 10.1. The molecule has 0 spiro atoms. The van der Waals surface area contributed by atoms with Crippen LogP contribution in [0.2, 0.25) is 0 Å². The number of nitrogens with one attached hydrogen (secondary N) is 1. The van der Waals surface area contributed by atoms with E-state index in [2.05, 4.69) is 20.6 Å². The van der Waals surface area contributed by atoms with E-state index in [1.807, 2.05) is 0 Å². The topological polar surface area (TPSA) is 95.0 Å². The monoisotopic (exact) mass is 183 g/mol. The highest BCUT2D eigenvalue weighted by Gasteiger charge is 2.29. The minimum absolute atomic E-state index is 0.0925. The quantitative estimate of drug-likeness (QED) is 0.621. The molecule has 1 atom stereocenters. The SMILES string of the molecule is O=C(O)N1CC[C@@H](c2nn[nH]n2)C1. The molecule has 1 fully saturated rings. The van der Waals surface area contributed by atoms with Gasteiger partial charge in [-0.15, -0.1) is 10.2 Å². The summed E-state index contributed by atoms with van der Waals surface area (Å²) in [6.07, 6.45) is -0.114. The zero-order valence-electron chi connectivity index (χ0n) is 6.84. The first kappa shape index (κ1) is 7.96. The molecule has 2 heterocycles. The second-order valence-corrected chi connectivity index (χ2v) is 2.98. The van der Waals surface area contributed by atoms with E-state index < -0.39 is 6.09 Å². The molecule has 7 heteroatoms. The van der Waals surface area contributed by atoms with Gasteiger partial charge < -0.3 is 10.0 Å². The van der Waals surface area contributed by atoms with Gasteiger partial charge in [0.05, 0.1) is 0 Å². The Kier molecular flexibility index (Phi) is 1.84. The van der Waals surface area contributed by atoms with Crippen LogP contribution in [0.3, 0.4) is 0 Å². The Balaban J connectivity index is 2.03. The highest BCUT2D eigenvalue weighted by atomic mass is 16.4. The summed E-state index contributed by atoms with van der Waals surface area (Å²) in [7, 11) is 0. The maximum absolute atomic E-state index is 10.6. The van der Waals surface area contributed by atoms with Gasteiger partial charge in [0.25, 0.3) is 0 Å². The van der Waals surface area contributed by atoms with Gasteiger partial charge in [-0.2, -0.15) is 5.21 Å². The van der Waals surface area contributed by atoms with Crippen LogP contribution in [0, 0.1) is 0 Å². The lowest BCUT2D eigenvalue weighted by molar-refractivity contribution is 0.155. The summed E-state index contributed by atoms with van der Waals surface area (Å²) in [4.78, 5) is 11.9. The van der Waals surface area contributed by atoms with Crippen LogP contribution in [0.4, 0.5) is 4.79 Å². The Bertz CT molecular complexity index is 298. The van der Waals surface area contributed by atoms with Crippen LogP contribution in [0.1, 0.15) is 18.2 Å². The van der Waals surface area contributed by atoms with Crippen molar-refractivity contribution in [3.8, 4) is 0 Å². The molecule has 0 saturated carbocycles. The fourth-order valence-electron chi connectivity index (χ4n) is 1.49. The van der Waals surface area contributed by atoms with Gasteiger partial charge in [0.15, 0.2) is 5.82 Å². The standard InChI is InChI=1S/C6H9N5O2/c12-6(13)11-2-1-4(3-11)5-7-9-10-8-5/h4H,1-3H2,(H,12,13)(H,7,8,9,10)/t4-/m1/s1. The Labute approximate surface area is 73.7 Å². The minimum Gasteiger partial charge on any atom is -0.465 e. The first-order valence-electron chi connectivity index (χ1n) is 3.98. The van der Waals surface area contributed by atoms with Crippen molar-refractivity contribution in [3.63, 3.8) is 0 Å². The molecule has 1 aromatic heterocycles. The molecule has 7 nitrogen and oxygen atoms in total. The summed E-state index contributed by atoms with van der Waals surface area (Å²) in [6, 6.07) is 0. The van der Waals surface area contributed by atoms with E-state index in [0.717, 1.165) is 6.42 Å². The molecule has 1 aliphatic rings. The highest BCUT2D eigenvalue weighted by Crippen LogP contribution is 2.23. The summed E-state index contributed by atoms with van der Waals surface area (Å²) >= 11 is 0. The van der Waals surface area contributed by atoms with Crippen molar-refractivity contribution in [1.82, 2.24) is 25.5 Å². The minimum atomic E-state index is -0.883. The van der Waals surface area contributed by atoms with Crippen molar-refractivity contribution in [2.24, 2.45) is 0 Å². The molecule has 0 aliphatic carbocycles. The molecular weight excluding hydrogens is 174 g/mol. The lowest BCUT2D eigenvalue weighted by Gasteiger charge is -2.09. The first-order chi connectivity index (χ1) is 6.27. The third-order valence-corrected chi connectivity index (χ3v) is 2.19. The number of hydrogen-bond donors (Lipinski definition) is 2.